The number of piperazine rings is 1. The van der Waals surface area contributed by atoms with Crippen LogP contribution in [0.2, 0.25) is 0 Å². The zero-order chi connectivity index (χ0) is 21.9. The first-order valence-electron chi connectivity index (χ1n) is 10.8. The van der Waals surface area contributed by atoms with Crippen LogP contribution in [0.4, 0.5) is 0 Å². The van der Waals surface area contributed by atoms with Gasteiger partial charge >= 0.3 is 0 Å². The molecule has 1 aliphatic rings. The Balaban J connectivity index is 1.26. The summed E-state index contributed by atoms with van der Waals surface area (Å²) in [5, 5.41) is 0.573. The highest BCUT2D eigenvalue weighted by atomic mass is 16.2. The third-order valence-corrected chi connectivity index (χ3v) is 5.97. The quantitative estimate of drug-likeness (QED) is 0.504. The van der Waals surface area contributed by atoms with Gasteiger partial charge in [-0.05, 0) is 42.0 Å². The van der Waals surface area contributed by atoms with Crippen LogP contribution in [-0.4, -0.2) is 51.4 Å². The molecule has 0 unspecified atom stereocenters. The van der Waals surface area contributed by atoms with E-state index in [1.165, 1.54) is 16.5 Å². The van der Waals surface area contributed by atoms with E-state index in [9.17, 15) is 9.59 Å². The largest absolute Gasteiger partial charge is 0.336 e. The minimum absolute atomic E-state index is 0.0277. The van der Waals surface area contributed by atoms with Gasteiger partial charge in [0.25, 0.3) is 11.5 Å². The molecule has 1 saturated heterocycles. The van der Waals surface area contributed by atoms with Crippen LogP contribution in [-0.2, 0) is 6.54 Å². The number of rotatable bonds is 4. The van der Waals surface area contributed by atoms with Crippen molar-refractivity contribution in [2.75, 3.05) is 26.2 Å². The number of hydrogen-bond donors (Lipinski definition) is 0. The molecule has 6 heteroatoms. The molecule has 6 nitrogen and oxygen atoms in total. The van der Waals surface area contributed by atoms with E-state index in [0.29, 0.717) is 35.2 Å². The van der Waals surface area contributed by atoms with E-state index in [4.69, 9.17) is 0 Å². The number of hydrogen-bond acceptors (Lipinski definition) is 4. The maximum Gasteiger partial charge on any atom is 0.265 e. The van der Waals surface area contributed by atoms with Crippen LogP contribution < -0.4 is 5.56 Å². The van der Waals surface area contributed by atoms with Gasteiger partial charge in [0.15, 0.2) is 0 Å². The summed E-state index contributed by atoms with van der Waals surface area (Å²) in [5.74, 6) is 0.0277. The van der Waals surface area contributed by atoms with Gasteiger partial charge in [-0.3, -0.25) is 19.1 Å². The molecule has 1 amide bonds. The molecule has 0 spiro atoms. The van der Waals surface area contributed by atoms with Crippen molar-refractivity contribution < 1.29 is 4.79 Å². The molecule has 3 aromatic carbocycles. The maximum absolute atomic E-state index is 13.0. The van der Waals surface area contributed by atoms with Gasteiger partial charge in [0.2, 0.25) is 0 Å². The second-order valence-corrected chi connectivity index (χ2v) is 8.04. The van der Waals surface area contributed by atoms with Crippen LogP contribution in [0.1, 0.15) is 15.9 Å². The topological polar surface area (TPSA) is 58.4 Å². The summed E-state index contributed by atoms with van der Waals surface area (Å²) in [4.78, 5) is 34.4. The summed E-state index contributed by atoms with van der Waals surface area (Å²) in [5.41, 5.74) is 3.17. The molecule has 1 aromatic heterocycles. The summed E-state index contributed by atoms with van der Waals surface area (Å²) in [6.45, 7) is 4.04. The highest BCUT2D eigenvalue weighted by Crippen LogP contribution is 2.14. The number of nitrogens with zero attached hydrogens (tertiary/aromatic N) is 4. The summed E-state index contributed by atoms with van der Waals surface area (Å²) < 4.78 is 1.51. The first kappa shape index (κ1) is 20.2. The smallest absolute Gasteiger partial charge is 0.265 e. The van der Waals surface area contributed by atoms with Crippen molar-refractivity contribution in [3.8, 4) is 5.69 Å². The van der Waals surface area contributed by atoms with E-state index in [1.807, 2.05) is 29.2 Å². The van der Waals surface area contributed by atoms with Crippen molar-refractivity contribution in [2.45, 2.75) is 6.54 Å². The van der Waals surface area contributed by atoms with Crippen LogP contribution in [0.5, 0.6) is 0 Å². The normalized spacial score (nSPS) is 14.6. The van der Waals surface area contributed by atoms with E-state index in [2.05, 4.69) is 34.1 Å². The number of carbonyl (C=O) groups is 1. The second-order valence-electron chi connectivity index (χ2n) is 8.04. The van der Waals surface area contributed by atoms with Crippen LogP contribution in [0, 0.1) is 0 Å². The monoisotopic (exact) mass is 424 g/mol. The molecule has 5 rings (SSSR count). The highest BCUT2D eigenvalue weighted by Gasteiger charge is 2.22. The predicted octanol–water partition coefficient (Wildman–Crippen LogP) is 3.34. The van der Waals surface area contributed by atoms with Crippen LogP contribution in [0.25, 0.3) is 16.6 Å². The minimum Gasteiger partial charge on any atom is -0.336 e. The number of fused-ring (bicyclic) bond motifs is 1. The maximum atomic E-state index is 13.0. The van der Waals surface area contributed by atoms with Gasteiger partial charge in [-0.15, -0.1) is 0 Å². The molecule has 0 bridgehead atoms. The van der Waals surface area contributed by atoms with Crippen molar-refractivity contribution in [1.29, 1.82) is 0 Å². The SMILES string of the molecule is O=C(c1ccc(-n2cnc3ccccc3c2=O)cc1)N1CCN(Cc2ccccc2)CC1. The molecule has 1 aliphatic heterocycles. The number of carbonyl (C=O) groups excluding carboxylic acids is 1. The third kappa shape index (κ3) is 4.05. The lowest BCUT2D eigenvalue weighted by Crippen LogP contribution is -2.48. The lowest BCUT2D eigenvalue weighted by atomic mass is 10.1. The van der Waals surface area contributed by atoms with Crippen molar-refractivity contribution in [3.05, 3.63) is 107 Å². The Morgan fingerprint density at radius 3 is 2.25 bits per heavy atom. The van der Waals surface area contributed by atoms with E-state index in [0.717, 1.165) is 19.6 Å². The van der Waals surface area contributed by atoms with E-state index < -0.39 is 0 Å². The van der Waals surface area contributed by atoms with Crippen molar-refractivity contribution in [3.63, 3.8) is 0 Å². The summed E-state index contributed by atoms with van der Waals surface area (Å²) in [6, 6.07) is 24.9. The fraction of sp³-hybridized carbons (Fsp3) is 0.192. The average Bonchev–Trinajstić information content (AvgIpc) is 2.85. The van der Waals surface area contributed by atoms with E-state index >= 15 is 0 Å². The van der Waals surface area contributed by atoms with Crippen molar-refractivity contribution in [2.24, 2.45) is 0 Å². The fourth-order valence-corrected chi connectivity index (χ4v) is 4.15. The molecule has 0 saturated carbocycles. The van der Waals surface area contributed by atoms with Gasteiger partial charge in [0, 0.05) is 38.3 Å². The molecule has 0 atom stereocenters. The van der Waals surface area contributed by atoms with Gasteiger partial charge in [0.05, 0.1) is 16.6 Å². The molecular formula is C26H24N4O2. The average molecular weight is 425 g/mol. The van der Waals surface area contributed by atoms with Crippen molar-refractivity contribution >= 4 is 16.8 Å². The van der Waals surface area contributed by atoms with Gasteiger partial charge in [0.1, 0.15) is 6.33 Å². The Hall–Kier alpha value is -3.77. The summed E-state index contributed by atoms with van der Waals surface area (Å²) >= 11 is 0. The third-order valence-electron chi connectivity index (χ3n) is 5.97. The van der Waals surface area contributed by atoms with Crippen LogP contribution in [0.15, 0.2) is 90.0 Å². The summed E-state index contributed by atoms with van der Waals surface area (Å²) in [6.07, 6.45) is 1.54. The first-order chi connectivity index (χ1) is 15.7. The van der Waals surface area contributed by atoms with Gasteiger partial charge in [-0.2, -0.15) is 0 Å². The molecule has 4 aromatic rings. The zero-order valence-electron chi connectivity index (χ0n) is 17.7. The number of aromatic nitrogens is 2. The molecule has 32 heavy (non-hydrogen) atoms. The number of para-hydroxylation sites is 1. The molecule has 0 N–H and O–H groups in total. The van der Waals surface area contributed by atoms with E-state index in [-0.39, 0.29) is 11.5 Å². The Kier molecular flexibility index (Phi) is 5.52. The van der Waals surface area contributed by atoms with Crippen LogP contribution >= 0.6 is 0 Å². The molecular weight excluding hydrogens is 400 g/mol. The minimum atomic E-state index is -0.121. The second kappa shape index (κ2) is 8.77. The standard InChI is InChI=1S/C26H24N4O2/c31-25(29-16-14-28(15-17-29)18-20-6-2-1-3-7-20)21-10-12-22(13-11-21)30-19-27-24-9-5-4-8-23(24)26(30)32/h1-13,19H,14-18H2. The lowest BCUT2D eigenvalue weighted by molar-refractivity contribution is 0.0628. The highest BCUT2D eigenvalue weighted by molar-refractivity contribution is 5.94. The van der Waals surface area contributed by atoms with Gasteiger partial charge < -0.3 is 4.90 Å². The Morgan fingerprint density at radius 1 is 0.812 bits per heavy atom. The van der Waals surface area contributed by atoms with Crippen molar-refractivity contribution in [1.82, 2.24) is 19.4 Å². The number of amides is 1. The fourth-order valence-electron chi connectivity index (χ4n) is 4.15. The Labute approximate surface area is 186 Å². The molecule has 160 valence electrons. The van der Waals surface area contributed by atoms with Gasteiger partial charge in [-0.25, -0.2) is 4.98 Å². The Morgan fingerprint density at radius 2 is 1.50 bits per heavy atom. The molecule has 1 fully saturated rings. The van der Waals surface area contributed by atoms with Crippen LogP contribution in [0.3, 0.4) is 0 Å². The summed E-state index contributed by atoms with van der Waals surface area (Å²) in [7, 11) is 0. The van der Waals surface area contributed by atoms with E-state index in [1.54, 1.807) is 30.3 Å². The molecule has 2 heterocycles. The number of benzene rings is 3. The first-order valence-corrected chi connectivity index (χ1v) is 10.8. The molecule has 0 aliphatic carbocycles. The van der Waals surface area contributed by atoms with Gasteiger partial charge in [-0.1, -0.05) is 42.5 Å². The Bertz CT molecular complexity index is 1290. The molecule has 0 radical (unpaired) electrons. The predicted molar refractivity (Wildman–Crippen MR) is 125 cm³/mol. The zero-order valence-corrected chi connectivity index (χ0v) is 17.7. The lowest BCUT2D eigenvalue weighted by Gasteiger charge is -2.34.